The van der Waals surface area contributed by atoms with Gasteiger partial charge in [0, 0.05) is 45.8 Å². The quantitative estimate of drug-likeness (QED) is 0.531. The maximum atomic E-state index is 12.6. The Morgan fingerprint density at radius 3 is 2.72 bits per heavy atom. The first-order valence-corrected chi connectivity index (χ1v) is 11.2. The molecule has 9 nitrogen and oxygen atoms in total. The Labute approximate surface area is 171 Å². The van der Waals surface area contributed by atoms with E-state index in [4.69, 9.17) is 9.26 Å². The van der Waals surface area contributed by atoms with Crippen molar-refractivity contribution < 1.29 is 17.7 Å². The first kappa shape index (κ1) is 21.1. The van der Waals surface area contributed by atoms with Crippen LogP contribution in [-0.2, 0) is 22.3 Å². The first-order valence-electron chi connectivity index (χ1n) is 9.56. The number of hydrogen-bond donors (Lipinski definition) is 1. The molecular weight excluding hydrogens is 394 g/mol. The zero-order valence-electron chi connectivity index (χ0n) is 16.7. The van der Waals surface area contributed by atoms with Crippen LogP contribution in [0.5, 0.6) is 5.75 Å². The normalized spacial score (nSPS) is 16.1. The Hall–Kier alpha value is -2.59. The molecule has 158 valence electrons. The highest BCUT2D eigenvalue weighted by molar-refractivity contribution is 7.88. The van der Waals surface area contributed by atoms with Crippen molar-refractivity contribution >= 4 is 16.0 Å². The fourth-order valence-electron chi connectivity index (χ4n) is 3.19. The van der Waals surface area contributed by atoms with Crippen LogP contribution in [0.4, 0.5) is 0 Å². The van der Waals surface area contributed by atoms with Gasteiger partial charge in [-0.25, -0.2) is 8.42 Å². The van der Waals surface area contributed by atoms with Gasteiger partial charge in [0.1, 0.15) is 17.8 Å². The number of benzene rings is 1. The molecule has 10 heteroatoms. The molecule has 29 heavy (non-hydrogen) atoms. The zero-order valence-corrected chi connectivity index (χ0v) is 17.6. The molecule has 2 aromatic rings. The molecule has 1 saturated heterocycles. The molecule has 1 aliphatic heterocycles. The van der Waals surface area contributed by atoms with Gasteiger partial charge in [-0.05, 0) is 24.6 Å². The summed E-state index contributed by atoms with van der Waals surface area (Å²) >= 11 is 0. The highest BCUT2D eigenvalue weighted by Gasteiger charge is 2.28. The Kier molecular flexibility index (Phi) is 7.10. The number of aromatic nitrogens is 1. The van der Waals surface area contributed by atoms with Crippen LogP contribution in [0, 0.1) is 0 Å². The summed E-state index contributed by atoms with van der Waals surface area (Å²) in [6.07, 6.45) is 1.38. The van der Waals surface area contributed by atoms with Crippen molar-refractivity contribution in [2.75, 3.05) is 39.8 Å². The van der Waals surface area contributed by atoms with Crippen LogP contribution < -0.4 is 10.1 Å². The minimum Gasteiger partial charge on any atom is -0.494 e. The van der Waals surface area contributed by atoms with Gasteiger partial charge in [-0.15, -0.1) is 0 Å². The van der Waals surface area contributed by atoms with Crippen molar-refractivity contribution in [1.29, 1.82) is 0 Å². The van der Waals surface area contributed by atoms with E-state index < -0.39 is 10.0 Å². The Morgan fingerprint density at radius 1 is 1.28 bits per heavy atom. The molecule has 0 amide bonds. The summed E-state index contributed by atoms with van der Waals surface area (Å²) in [6, 6.07) is 9.49. The molecule has 0 saturated carbocycles. The smallest absolute Gasteiger partial charge is 0.220 e. The number of piperazine rings is 1. The summed E-state index contributed by atoms with van der Waals surface area (Å²) in [5, 5.41) is 7.04. The minimum atomic E-state index is -3.42. The van der Waals surface area contributed by atoms with Gasteiger partial charge in [-0.2, -0.15) is 4.31 Å². The fraction of sp³-hybridized carbons (Fsp3) is 0.474. The topological polar surface area (TPSA) is 100 Å². The van der Waals surface area contributed by atoms with Gasteiger partial charge < -0.3 is 19.5 Å². The Morgan fingerprint density at radius 2 is 2.07 bits per heavy atom. The number of guanidine groups is 1. The number of rotatable bonds is 7. The van der Waals surface area contributed by atoms with Crippen LogP contribution in [0.25, 0.3) is 0 Å². The van der Waals surface area contributed by atoms with E-state index in [1.165, 1.54) is 10.6 Å². The lowest BCUT2D eigenvalue weighted by Crippen LogP contribution is -2.53. The van der Waals surface area contributed by atoms with Crippen LogP contribution >= 0.6 is 0 Å². The molecule has 1 aromatic carbocycles. The summed E-state index contributed by atoms with van der Waals surface area (Å²) in [4.78, 5) is 6.41. The highest BCUT2D eigenvalue weighted by atomic mass is 32.2. The minimum absolute atomic E-state index is 0.146. The van der Waals surface area contributed by atoms with Crippen molar-refractivity contribution in [2.45, 2.75) is 19.2 Å². The summed E-state index contributed by atoms with van der Waals surface area (Å²) in [6.45, 7) is 5.13. The lowest BCUT2D eigenvalue weighted by atomic mass is 10.2. The molecule has 0 spiro atoms. The predicted octanol–water partition coefficient (Wildman–Crippen LogP) is 1.30. The molecule has 1 fully saturated rings. The van der Waals surface area contributed by atoms with Gasteiger partial charge >= 0.3 is 0 Å². The zero-order chi connectivity index (χ0) is 20.7. The summed E-state index contributed by atoms with van der Waals surface area (Å²) in [7, 11) is -1.69. The van der Waals surface area contributed by atoms with Crippen molar-refractivity contribution in [3.05, 3.63) is 47.9 Å². The second-order valence-electron chi connectivity index (χ2n) is 6.61. The van der Waals surface area contributed by atoms with E-state index >= 15 is 0 Å². The molecule has 0 atom stereocenters. The van der Waals surface area contributed by atoms with Crippen molar-refractivity contribution in [3.8, 4) is 5.75 Å². The molecule has 1 aromatic heterocycles. The van der Waals surface area contributed by atoms with E-state index in [0.29, 0.717) is 45.0 Å². The molecular formula is C19H27N5O4S. The van der Waals surface area contributed by atoms with Gasteiger partial charge in [0.2, 0.25) is 10.0 Å². The first-order chi connectivity index (χ1) is 14.0. The number of sulfonamides is 1. The van der Waals surface area contributed by atoms with E-state index in [0.717, 1.165) is 17.3 Å². The van der Waals surface area contributed by atoms with E-state index in [9.17, 15) is 8.42 Å². The molecule has 0 bridgehead atoms. The van der Waals surface area contributed by atoms with E-state index in [2.05, 4.69) is 20.4 Å². The van der Waals surface area contributed by atoms with Crippen molar-refractivity contribution in [2.24, 2.45) is 4.99 Å². The largest absolute Gasteiger partial charge is 0.494 e. The number of nitrogens with one attached hydrogen (secondary N) is 1. The predicted molar refractivity (Wildman–Crippen MR) is 110 cm³/mol. The standard InChI is InChI=1S/C19H27N5O4S/c1-3-27-18-6-4-5-16(13-18)14-21-19(20-2)23-8-10-24(11-9-23)29(25,26)15-17-7-12-28-22-17/h4-7,12-13H,3,8-11,14-15H2,1-2H3,(H,20,21). The maximum absolute atomic E-state index is 12.6. The maximum Gasteiger partial charge on any atom is 0.220 e. The van der Waals surface area contributed by atoms with E-state index in [1.54, 1.807) is 13.1 Å². The average molecular weight is 422 g/mol. The third-order valence-corrected chi connectivity index (χ3v) is 6.44. The van der Waals surface area contributed by atoms with Gasteiger partial charge in [-0.1, -0.05) is 17.3 Å². The lowest BCUT2D eigenvalue weighted by Gasteiger charge is -2.35. The fourth-order valence-corrected chi connectivity index (χ4v) is 4.62. The molecule has 1 N–H and O–H groups in total. The molecule has 1 aliphatic rings. The SMILES string of the molecule is CCOc1cccc(CNC(=NC)N2CCN(S(=O)(=O)Cc3ccon3)CC2)c1. The van der Waals surface area contributed by atoms with Gasteiger partial charge in [0.15, 0.2) is 5.96 Å². The van der Waals surface area contributed by atoms with Crippen LogP contribution in [0.15, 0.2) is 46.1 Å². The van der Waals surface area contributed by atoms with Crippen LogP contribution in [0.3, 0.4) is 0 Å². The Bertz CT molecular complexity index is 906. The third-order valence-electron chi connectivity index (χ3n) is 4.62. The summed E-state index contributed by atoms with van der Waals surface area (Å²) in [5.74, 6) is 1.44. The van der Waals surface area contributed by atoms with Crippen molar-refractivity contribution in [3.63, 3.8) is 0 Å². The van der Waals surface area contributed by atoms with Crippen LogP contribution in [-0.4, -0.2) is 68.6 Å². The molecule has 0 aliphatic carbocycles. The number of hydrogen-bond acceptors (Lipinski definition) is 6. The van der Waals surface area contributed by atoms with Crippen LogP contribution in [0.1, 0.15) is 18.2 Å². The van der Waals surface area contributed by atoms with Gasteiger partial charge in [-0.3, -0.25) is 4.99 Å². The van der Waals surface area contributed by atoms with Gasteiger partial charge in [0.05, 0.1) is 12.3 Å². The van der Waals surface area contributed by atoms with Crippen LogP contribution in [0.2, 0.25) is 0 Å². The number of aliphatic imine (C=N–C) groups is 1. The molecule has 3 rings (SSSR count). The Balaban J connectivity index is 1.53. The van der Waals surface area contributed by atoms with E-state index in [1.807, 2.05) is 31.2 Å². The highest BCUT2D eigenvalue weighted by Crippen LogP contribution is 2.15. The molecule has 2 heterocycles. The van der Waals surface area contributed by atoms with E-state index in [-0.39, 0.29) is 5.75 Å². The second kappa shape index (κ2) is 9.75. The average Bonchev–Trinajstić information content (AvgIpc) is 3.22. The number of nitrogens with zero attached hydrogens (tertiary/aromatic N) is 4. The molecule has 0 radical (unpaired) electrons. The lowest BCUT2D eigenvalue weighted by molar-refractivity contribution is 0.259. The summed E-state index contributed by atoms with van der Waals surface area (Å²) in [5.41, 5.74) is 1.50. The third kappa shape index (κ3) is 5.70. The monoisotopic (exact) mass is 421 g/mol. The molecule has 0 unspecified atom stereocenters. The number of ether oxygens (including phenoxy) is 1. The van der Waals surface area contributed by atoms with Gasteiger partial charge in [0.25, 0.3) is 0 Å². The summed E-state index contributed by atoms with van der Waals surface area (Å²) < 4.78 is 36.9. The second-order valence-corrected chi connectivity index (χ2v) is 8.58. The van der Waals surface area contributed by atoms with Crippen molar-refractivity contribution in [1.82, 2.24) is 19.7 Å².